The van der Waals surface area contributed by atoms with Crippen LogP contribution in [0.5, 0.6) is 0 Å². The van der Waals surface area contributed by atoms with Gasteiger partial charge in [-0.25, -0.2) is 4.98 Å². The van der Waals surface area contributed by atoms with Crippen LogP contribution in [0.4, 0.5) is 5.82 Å². The van der Waals surface area contributed by atoms with Crippen molar-refractivity contribution in [3.63, 3.8) is 0 Å². The molecule has 0 spiro atoms. The molecule has 5 heteroatoms. The van der Waals surface area contributed by atoms with Gasteiger partial charge < -0.3 is 16.0 Å². The van der Waals surface area contributed by atoms with Crippen LogP contribution >= 0.6 is 12.2 Å². The van der Waals surface area contributed by atoms with E-state index in [9.17, 15) is 0 Å². The number of thiocarbonyl (C=S) groups is 1. The molecule has 1 aliphatic rings. The number of likely N-dealkylation sites (tertiary alicyclic amines) is 1. The maximum absolute atomic E-state index is 5.59. The topological polar surface area (TPSA) is 54.2 Å². The van der Waals surface area contributed by atoms with Crippen molar-refractivity contribution in [2.75, 3.05) is 32.0 Å². The Balaban J connectivity index is 1.90. The molecular weight excluding hydrogens is 232 g/mol. The van der Waals surface area contributed by atoms with Crippen molar-refractivity contribution >= 4 is 23.0 Å². The minimum atomic E-state index is 0.413. The van der Waals surface area contributed by atoms with E-state index in [0.717, 1.165) is 24.5 Å². The Kier molecular flexibility index (Phi) is 3.91. The van der Waals surface area contributed by atoms with Crippen LogP contribution in [0.15, 0.2) is 18.3 Å². The van der Waals surface area contributed by atoms with Crippen LogP contribution in [0.25, 0.3) is 0 Å². The number of hydrogen-bond acceptors (Lipinski definition) is 4. The first-order chi connectivity index (χ1) is 8.15. The van der Waals surface area contributed by atoms with E-state index in [2.05, 4.69) is 22.2 Å². The molecule has 92 valence electrons. The summed E-state index contributed by atoms with van der Waals surface area (Å²) in [5, 5.41) is 3.35. The van der Waals surface area contributed by atoms with Crippen LogP contribution in [-0.4, -0.2) is 41.6 Å². The summed E-state index contributed by atoms with van der Waals surface area (Å²) in [7, 11) is 2.16. The van der Waals surface area contributed by atoms with Gasteiger partial charge in [0.1, 0.15) is 10.8 Å². The molecule has 17 heavy (non-hydrogen) atoms. The van der Waals surface area contributed by atoms with Crippen molar-refractivity contribution in [2.45, 2.75) is 6.42 Å². The Bertz CT molecular complexity index is 407. The number of rotatable bonds is 4. The maximum atomic E-state index is 5.59. The average molecular weight is 250 g/mol. The van der Waals surface area contributed by atoms with Gasteiger partial charge in [0.2, 0.25) is 0 Å². The van der Waals surface area contributed by atoms with Gasteiger partial charge in [0.25, 0.3) is 0 Å². The molecular formula is C12H18N4S. The van der Waals surface area contributed by atoms with Gasteiger partial charge in [-0.3, -0.25) is 0 Å². The number of anilines is 1. The van der Waals surface area contributed by atoms with Gasteiger partial charge in [0.15, 0.2) is 0 Å². The second kappa shape index (κ2) is 5.42. The Morgan fingerprint density at radius 2 is 2.53 bits per heavy atom. The molecule has 0 amide bonds. The molecule has 3 N–H and O–H groups in total. The summed E-state index contributed by atoms with van der Waals surface area (Å²) >= 11 is 4.94. The van der Waals surface area contributed by atoms with Crippen molar-refractivity contribution in [1.82, 2.24) is 9.88 Å². The molecule has 1 fully saturated rings. The van der Waals surface area contributed by atoms with Crippen LogP contribution < -0.4 is 11.1 Å². The van der Waals surface area contributed by atoms with Crippen molar-refractivity contribution in [2.24, 2.45) is 11.7 Å². The fourth-order valence-electron chi connectivity index (χ4n) is 2.12. The molecule has 1 saturated heterocycles. The van der Waals surface area contributed by atoms with Crippen LogP contribution in [0, 0.1) is 5.92 Å². The van der Waals surface area contributed by atoms with Gasteiger partial charge in [-0.1, -0.05) is 12.2 Å². The van der Waals surface area contributed by atoms with E-state index in [-0.39, 0.29) is 0 Å². The molecule has 0 radical (unpaired) electrons. The molecule has 0 aliphatic carbocycles. The number of pyridine rings is 1. The highest BCUT2D eigenvalue weighted by Crippen LogP contribution is 2.15. The fourth-order valence-corrected chi connectivity index (χ4v) is 2.25. The quantitative estimate of drug-likeness (QED) is 0.783. The molecule has 1 unspecified atom stereocenters. The Hall–Kier alpha value is -1.20. The summed E-state index contributed by atoms with van der Waals surface area (Å²) in [4.78, 5) is 7.03. The van der Waals surface area contributed by atoms with Crippen molar-refractivity contribution in [3.8, 4) is 0 Å². The lowest BCUT2D eigenvalue weighted by Gasteiger charge is -2.12. The lowest BCUT2D eigenvalue weighted by molar-refractivity contribution is 0.399. The van der Waals surface area contributed by atoms with Crippen molar-refractivity contribution in [3.05, 3.63) is 23.9 Å². The Morgan fingerprint density at radius 1 is 1.71 bits per heavy atom. The van der Waals surface area contributed by atoms with Gasteiger partial charge in [0, 0.05) is 24.8 Å². The first-order valence-electron chi connectivity index (χ1n) is 5.83. The minimum Gasteiger partial charge on any atom is -0.389 e. The van der Waals surface area contributed by atoms with Crippen LogP contribution in [0.2, 0.25) is 0 Å². The van der Waals surface area contributed by atoms with E-state index in [1.165, 1.54) is 13.0 Å². The third kappa shape index (κ3) is 3.38. The monoisotopic (exact) mass is 250 g/mol. The predicted octanol–water partition coefficient (Wildman–Crippen LogP) is 1.08. The summed E-state index contributed by atoms with van der Waals surface area (Å²) in [6, 6.07) is 3.73. The number of nitrogens with zero attached hydrogens (tertiary/aromatic N) is 2. The smallest absolute Gasteiger partial charge is 0.126 e. The highest BCUT2D eigenvalue weighted by molar-refractivity contribution is 7.80. The lowest BCUT2D eigenvalue weighted by atomic mass is 10.1. The zero-order valence-electron chi connectivity index (χ0n) is 10.0. The van der Waals surface area contributed by atoms with Crippen molar-refractivity contribution < 1.29 is 0 Å². The molecule has 4 nitrogen and oxygen atoms in total. The highest BCUT2D eigenvalue weighted by atomic mass is 32.1. The Morgan fingerprint density at radius 3 is 3.18 bits per heavy atom. The molecule has 2 heterocycles. The van der Waals surface area contributed by atoms with E-state index in [4.69, 9.17) is 18.0 Å². The third-order valence-electron chi connectivity index (χ3n) is 3.11. The maximum Gasteiger partial charge on any atom is 0.126 e. The summed E-state index contributed by atoms with van der Waals surface area (Å²) < 4.78 is 0. The third-order valence-corrected chi connectivity index (χ3v) is 3.34. The predicted molar refractivity (Wildman–Crippen MR) is 74.2 cm³/mol. The molecule has 2 rings (SSSR count). The first-order valence-corrected chi connectivity index (χ1v) is 6.24. The summed E-state index contributed by atoms with van der Waals surface area (Å²) in [6.45, 7) is 3.30. The van der Waals surface area contributed by atoms with E-state index in [1.807, 2.05) is 12.1 Å². The standard InChI is InChI=1S/C12H18N4S/c1-16-5-3-9(8-16)7-15-11-6-10(12(13)17)2-4-14-11/h2,4,6,9H,3,5,7-8H2,1H3,(H2,13,17)(H,14,15). The molecule has 0 aromatic carbocycles. The van der Waals surface area contributed by atoms with Crippen molar-refractivity contribution in [1.29, 1.82) is 0 Å². The van der Waals surface area contributed by atoms with Gasteiger partial charge in [0.05, 0.1) is 0 Å². The molecule has 1 aromatic rings. The molecule has 1 aliphatic heterocycles. The van der Waals surface area contributed by atoms with Gasteiger partial charge in [-0.05, 0) is 38.1 Å². The van der Waals surface area contributed by atoms with E-state index in [0.29, 0.717) is 10.9 Å². The van der Waals surface area contributed by atoms with Crippen LogP contribution in [0.3, 0.4) is 0 Å². The summed E-state index contributed by atoms with van der Waals surface area (Å²) in [6.07, 6.45) is 2.98. The fraction of sp³-hybridized carbons (Fsp3) is 0.500. The van der Waals surface area contributed by atoms with Crippen LogP contribution in [0.1, 0.15) is 12.0 Å². The highest BCUT2D eigenvalue weighted by Gasteiger charge is 2.18. The summed E-state index contributed by atoms with van der Waals surface area (Å²) in [5.41, 5.74) is 6.45. The zero-order valence-corrected chi connectivity index (χ0v) is 10.8. The zero-order chi connectivity index (χ0) is 12.3. The normalized spacial score (nSPS) is 20.4. The molecule has 0 saturated carbocycles. The molecule has 0 bridgehead atoms. The largest absolute Gasteiger partial charge is 0.389 e. The number of nitrogens with two attached hydrogens (primary N) is 1. The SMILES string of the molecule is CN1CCC(CNc2cc(C(N)=S)ccn2)C1. The average Bonchev–Trinajstić information content (AvgIpc) is 2.73. The minimum absolute atomic E-state index is 0.413. The molecule has 1 aromatic heterocycles. The van der Waals surface area contributed by atoms with Gasteiger partial charge in [-0.2, -0.15) is 0 Å². The second-order valence-corrected chi connectivity index (χ2v) is 5.03. The number of hydrogen-bond donors (Lipinski definition) is 2. The first kappa shape index (κ1) is 12.3. The summed E-state index contributed by atoms with van der Waals surface area (Å²) in [5.74, 6) is 1.56. The van der Waals surface area contributed by atoms with Gasteiger partial charge >= 0.3 is 0 Å². The van der Waals surface area contributed by atoms with E-state index in [1.54, 1.807) is 6.20 Å². The number of nitrogens with one attached hydrogen (secondary N) is 1. The van der Waals surface area contributed by atoms with Crippen LogP contribution in [-0.2, 0) is 0 Å². The molecule has 1 atom stereocenters. The van der Waals surface area contributed by atoms with E-state index >= 15 is 0 Å². The number of aromatic nitrogens is 1. The Labute approximate surface area is 107 Å². The lowest BCUT2D eigenvalue weighted by Crippen LogP contribution is -2.19. The van der Waals surface area contributed by atoms with Gasteiger partial charge in [-0.15, -0.1) is 0 Å². The second-order valence-electron chi connectivity index (χ2n) is 4.59. The van der Waals surface area contributed by atoms with E-state index < -0.39 is 0 Å².